The number of hydrogen-bond donors (Lipinski definition) is 3. The Balaban J connectivity index is 2.02. The molecule has 0 aliphatic rings. The van der Waals surface area contributed by atoms with Gasteiger partial charge in [0, 0.05) is 12.1 Å². The summed E-state index contributed by atoms with van der Waals surface area (Å²) in [5.74, 6) is 0.0607. The summed E-state index contributed by atoms with van der Waals surface area (Å²) in [6.07, 6.45) is 0.300. The molecule has 1 aromatic carbocycles. The van der Waals surface area contributed by atoms with Crippen molar-refractivity contribution in [3.63, 3.8) is 0 Å². The van der Waals surface area contributed by atoms with Crippen molar-refractivity contribution < 1.29 is 14.3 Å². The van der Waals surface area contributed by atoms with Crippen LogP contribution in [0.3, 0.4) is 0 Å². The maximum absolute atomic E-state index is 12.0. The number of carbonyl (C=O) groups is 1. The van der Waals surface area contributed by atoms with Crippen LogP contribution in [-0.4, -0.2) is 28.6 Å². The number of aromatic amines is 1. The van der Waals surface area contributed by atoms with E-state index in [0.717, 1.165) is 5.52 Å². The van der Waals surface area contributed by atoms with Gasteiger partial charge in [-0.3, -0.25) is 4.79 Å². The van der Waals surface area contributed by atoms with Crippen molar-refractivity contribution in [2.24, 2.45) is 5.92 Å². The van der Waals surface area contributed by atoms with E-state index >= 15 is 0 Å². The van der Waals surface area contributed by atoms with Gasteiger partial charge in [-0.1, -0.05) is 6.92 Å². The zero-order chi connectivity index (χ0) is 14.7. The van der Waals surface area contributed by atoms with Gasteiger partial charge >= 0.3 is 0 Å². The van der Waals surface area contributed by atoms with Crippen LogP contribution in [0.2, 0.25) is 0 Å². The Kier molecular flexibility index (Phi) is 4.57. The Morgan fingerprint density at radius 1 is 1.50 bits per heavy atom. The van der Waals surface area contributed by atoms with Crippen LogP contribution in [0.25, 0.3) is 11.1 Å². The molecule has 0 fully saturated rings. The summed E-state index contributed by atoms with van der Waals surface area (Å²) in [7, 11) is 0. The Labute approximate surface area is 122 Å². The third-order valence-corrected chi connectivity index (χ3v) is 3.22. The molecule has 0 spiro atoms. The Hall–Kier alpha value is -1.66. The first-order valence-corrected chi connectivity index (χ1v) is 6.95. The largest absolute Gasteiger partial charge is 0.429 e. The molecule has 20 heavy (non-hydrogen) atoms. The summed E-state index contributed by atoms with van der Waals surface area (Å²) >= 11 is 4.90. The second-order valence-corrected chi connectivity index (χ2v) is 5.50. The van der Waals surface area contributed by atoms with Gasteiger partial charge in [0.25, 0.3) is 10.7 Å². The third-order valence-electron chi connectivity index (χ3n) is 3.04. The number of fused-ring (bicyclic) bond motifs is 1. The van der Waals surface area contributed by atoms with E-state index < -0.39 is 0 Å². The van der Waals surface area contributed by atoms with Crippen molar-refractivity contribution in [2.75, 3.05) is 6.54 Å². The highest BCUT2D eigenvalue weighted by atomic mass is 32.1. The van der Waals surface area contributed by atoms with Crippen molar-refractivity contribution in [3.8, 4) is 0 Å². The van der Waals surface area contributed by atoms with Gasteiger partial charge in [-0.2, -0.15) is 0 Å². The number of aliphatic hydroxyl groups excluding tert-OH is 1. The number of rotatable bonds is 5. The quantitative estimate of drug-likeness (QED) is 0.741. The Bertz CT molecular complexity index is 660. The number of benzene rings is 1. The van der Waals surface area contributed by atoms with Gasteiger partial charge in [-0.25, -0.2) is 0 Å². The van der Waals surface area contributed by atoms with Crippen LogP contribution in [0.5, 0.6) is 0 Å². The highest BCUT2D eigenvalue weighted by Crippen LogP contribution is 2.15. The molecule has 0 bridgehead atoms. The minimum Gasteiger partial charge on any atom is -0.429 e. The van der Waals surface area contributed by atoms with Gasteiger partial charge in [0.1, 0.15) is 0 Å². The number of oxazole rings is 1. The summed E-state index contributed by atoms with van der Waals surface area (Å²) < 4.78 is 5.28. The predicted octanol–water partition coefficient (Wildman–Crippen LogP) is 2.63. The van der Waals surface area contributed by atoms with E-state index in [1.54, 1.807) is 25.1 Å². The van der Waals surface area contributed by atoms with Crippen LogP contribution < -0.4 is 5.32 Å². The molecule has 0 aliphatic carbocycles. The molecular weight excluding hydrogens is 276 g/mol. The number of nitrogens with one attached hydrogen (secondary N) is 2. The number of carbonyl (C=O) groups excluding carboxylic acids is 1. The van der Waals surface area contributed by atoms with Crippen molar-refractivity contribution in [2.45, 2.75) is 26.4 Å². The van der Waals surface area contributed by atoms with Crippen molar-refractivity contribution in [1.82, 2.24) is 10.3 Å². The van der Waals surface area contributed by atoms with Gasteiger partial charge in [-0.05, 0) is 49.7 Å². The van der Waals surface area contributed by atoms with E-state index in [1.165, 1.54) is 0 Å². The SMILES string of the molecule is CC(O)CC(C)CNC(=O)c1ccc2[nH]c(=S)oc2c1. The van der Waals surface area contributed by atoms with Gasteiger partial charge in [0.2, 0.25) is 0 Å². The fourth-order valence-electron chi connectivity index (χ4n) is 2.12. The third kappa shape index (κ3) is 3.68. The molecule has 0 saturated carbocycles. The van der Waals surface area contributed by atoms with Crippen molar-refractivity contribution in [3.05, 3.63) is 28.6 Å². The lowest BCUT2D eigenvalue weighted by Gasteiger charge is -2.14. The van der Waals surface area contributed by atoms with E-state index in [4.69, 9.17) is 16.6 Å². The molecule has 1 heterocycles. The lowest BCUT2D eigenvalue weighted by Crippen LogP contribution is -2.29. The molecule has 2 aromatic rings. The van der Waals surface area contributed by atoms with E-state index in [-0.39, 0.29) is 17.9 Å². The van der Waals surface area contributed by atoms with Crippen molar-refractivity contribution in [1.29, 1.82) is 0 Å². The monoisotopic (exact) mass is 294 g/mol. The maximum atomic E-state index is 12.0. The van der Waals surface area contributed by atoms with Gasteiger partial charge in [-0.15, -0.1) is 0 Å². The fourth-order valence-corrected chi connectivity index (χ4v) is 2.32. The van der Waals surface area contributed by atoms with Crippen molar-refractivity contribution >= 4 is 29.2 Å². The molecule has 6 heteroatoms. The van der Waals surface area contributed by atoms with Crippen LogP contribution in [0.4, 0.5) is 0 Å². The van der Waals surface area contributed by atoms with E-state index in [1.807, 2.05) is 6.92 Å². The summed E-state index contributed by atoms with van der Waals surface area (Å²) in [6, 6.07) is 5.15. The second kappa shape index (κ2) is 6.19. The fraction of sp³-hybridized carbons (Fsp3) is 0.429. The number of hydrogen-bond acceptors (Lipinski definition) is 4. The number of aromatic nitrogens is 1. The van der Waals surface area contributed by atoms with Crippen LogP contribution in [0.1, 0.15) is 30.6 Å². The average Bonchev–Trinajstić information content (AvgIpc) is 2.74. The summed E-state index contributed by atoms with van der Waals surface area (Å²) in [4.78, 5) is 15.2. The number of amides is 1. The minimum absolute atomic E-state index is 0.160. The van der Waals surface area contributed by atoms with E-state index in [0.29, 0.717) is 28.9 Å². The molecule has 0 saturated heterocycles. The molecule has 0 aliphatic heterocycles. The van der Waals surface area contributed by atoms with Crippen LogP contribution in [-0.2, 0) is 0 Å². The zero-order valence-electron chi connectivity index (χ0n) is 11.5. The number of H-pyrrole nitrogens is 1. The molecular formula is C14H18N2O3S. The van der Waals surface area contributed by atoms with Gasteiger partial charge in [0.15, 0.2) is 5.58 Å². The topological polar surface area (TPSA) is 78.3 Å². The molecule has 5 nitrogen and oxygen atoms in total. The molecule has 3 N–H and O–H groups in total. The highest BCUT2D eigenvalue weighted by molar-refractivity contribution is 7.71. The smallest absolute Gasteiger partial charge is 0.266 e. The van der Waals surface area contributed by atoms with E-state index in [9.17, 15) is 9.90 Å². The maximum Gasteiger partial charge on any atom is 0.266 e. The standard InChI is InChI=1S/C14H18N2O3S/c1-8(5-9(2)17)7-15-13(18)10-3-4-11-12(6-10)19-14(20)16-11/h3-4,6,8-9,17H,5,7H2,1-2H3,(H,15,18)(H,16,20). The summed E-state index contributed by atoms with van der Waals surface area (Å²) in [6.45, 7) is 4.26. The summed E-state index contributed by atoms with van der Waals surface area (Å²) in [5, 5.41) is 12.1. The number of aliphatic hydroxyl groups is 1. The molecule has 2 rings (SSSR count). The average molecular weight is 294 g/mol. The lowest BCUT2D eigenvalue weighted by atomic mass is 10.0. The second-order valence-electron chi connectivity index (χ2n) is 5.13. The normalized spacial score (nSPS) is 14.2. The van der Waals surface area contributed by atoms with E-state index in [2.05, 4.69) is 10.3 Å². The molecule has 0 radical (unpaired) electrons. The van der Waals surface area contributed by atoms with Crippen LogP contribution >= 0.6 is 12.2 Å². The molecule has 2 atom stereocenters. The molecule has 1 aromatic heterocycles. The predicted molar refractivity (Wildman–Crippen MR) is 79.2 cm³/mol. The lowest BCUT2D eigenvalue weighted by molar-refractivity contribution is 0.0939. The van der Waals surface area contributed by atoms with Gasteiger partial charge < -0.3 is 19.8 Å². The van der Waals surface area contributed by atoms with Crippen LogP contribution in [0, 0.1) is 10.8 Å². The molecule has 1 amide bonds. The minimum atomic E-state index is -0.359. The first-order valence-electron chi connectivity index (χ1n) is 6.55. The zero-order valence-corrected chi connectivity index (χ0v) is 12.3. The first kappa shape index (κ1) is 14.7. The first-order chi connectivity index (χ1) is 9.45. The Morgan fingerprint density at radius 3 is 2.95 bits per heavy atom. The highest BCUT2D eigenvalue weighted by Gasteiger charge is 2.11. The Morgan fingerprint density at radius 2 is 2.25 bits per heavy atom. The van der Waals surface area contributed by atoms with Gasteiger partial charge in [0.05, 0.1) is 11.6 Å². The molecule has 2 unspecified atom stereocenters. The van der Waals surface area contributed by atoms with Crippen LogP contribution in [0.15, 0.2) is 22.6 Å². The summed E-state index contributed by atoms with van der Waals surface area (Å²) in [5.41, 5.74) is 1.87. The molecule has 108 valence electrons.